The van der Waals surface area contributed by atoms with Crippen LogP contribution in [0.25, 0.3) is 11.4 Å². The zero-order valence-electron chi connectivity index (χ0n) is 14.1. The average molecular weight is 330 g/mol. The summed E-state index contributed by atoms with van der Waals surface area (Å²) < 4.78 is 0. The van der Waals surface area contributed by atoms with Crippen molar-refractivity contribution in [1.82, 2.24) is 9.97 Å². The van der Waals surface area contributed by atoms with Crippen molar-refractivity contribution in [1.29, 1.82) is 0 Å². The molecule has 2 aromatic rings. The maximum atomic E-state index is 10.8. The van der Waals surface area contributed by atoms with Crippen LogP contribution in [0.1, 0.15) is 26.5 Å². The van der Waals surface area contributed by atoms with Crippen molar-refractivity contribution < 1.29 is 10.0 Å². The number of non-ortho nitro benzene ring substituents is 1. The third-order valence-corrected chi connectivity index (χ3v) is 3.81. The van der Waals surface area contributed by atoms with Gasteiger partial charge in [0.15, 0.2) is 5.82 Å². The average Bonchev–Trinajstić information content (AvgIpc) is 2.59. The maximum absolute atomic E-state index is 10.8. The fourth-order valence-corrected chi connectivity index (χ4v) is 2.23. The number of benzene rings is 1. The van der Waals surface area contributed by atoms with Gasteiger partial charge in [-0.15, -0.1) is 0 Å². The molecule has 0 aliphatic carbocycles. The summed E-state index contributed by atoms with van der Waals surface area (Å²) in [6.45, 7) is 6.05. The highest BCUT2D eigenvalue weighted by molar-refractivity contribution is 5.59. The van der Waals surface area contributed by atoms with E-state index in [1.165, 1.54) is 12.1 Å². The fourth-order valence-electron chi connectivity index (χ4n) is 2.23. The molecular weight excluding hydrogens is 308 g/mol. The van der Waals surface area contributed by atoms with E-state index in [1.807, 2.05) is 26.8 Å². The van der Waals surface area contributed by atoms with Gasteiger partial charge < -0.3 is 10.4 Å². The molecule has 2 rings (SSSR count). The van der Waals surface area contributed by atoms with Crippen LogP contribution >= 0.6 is 0 Å². The second-order valence-electron chi connectivity index (χ2n) is 5.90. The minimum Gasteiger partial charge on any atom is -0.394 e. The van der Waals surface area contributed by atoms with Crippen LogP contribution in [0.3, 0.4) is 0 Å². The Morgan fingerprint density at radius 2 is 1.92 bits per heavy atom. The van der Waals surface area contributed by atoms with Gasteiger partial charge in [-0.05, 0) is 24.5 Å². The minimum absolute atomic E-state index is 0.00991. The van der Waals surface area contributed by atoms with Gasteiger partial charge in [0, 0.05) is 29.5 Å². The largest absolute Gasteiger partial charge is 0.394 e. The molecule has 24 heavy (non-hydrogen) atoms. The number of hydrogen-bond donors (Lipinski definition) is 2. The van der Waals surface area contributed by atoms with Crippen LogP contribution in [0, 0.1) is 16.0 Å². The number of aryl methyl sites for hydroxylation is 1. The van der Waals surface area contributed by atoms with E-state index in [4.69, 9.17) is 0 Å². The molecule has 1 aromatic carbocycles. The van der Waals surface area contributed by atoms with E-state index in [0.717, 1.165) is 12.1 Å². The van der Waals surface area contributed by atoms with Gasteiger partial charge in [0.1, 0.15) is 5.82 Å². The number of rotatable bonds is 7. The van der Waals surface area contributed by atoms with Crippen molar-refractivity contribution in [2.24, 2.45) is 5.92 Å². The Morgan fingerprint density at radius 3 is 2.42 bits per heavy atom. The first kappa shape index (κ1) is 17.8. The predicted molar refractivity (Wildman–Crippen MR) is 92.8 cm³/mol. The molecule has 7 nitrogen and oxygen atoms in total. The number of aliphatic hydroxyl groups is 1. The topological polar surface area (TPSA) is 101 Å². The lowest BCUT2D eigenvalue weighted by Crippen LogP contribution is -2.30. The van der Waals surface area contributed by atoms with Crippen LogP contribution in [0.15, 0.2) is 30.3 Å². The van der Waals surface area contributed by atoms with Gasteiger partial charge in [0.05, 0.1) is 17.6 Å². The molecule has 128 valence electrons. The fraction of sp³-hybridized carbons (Fsp3) is 0.412. The van der Waals surface area contributed by atoms with E-state index in [2.05, 4.69) is 15.3 Å². The van der Waals surface area contributed by atoms with E-state index in [-0.39, 0.29) is 24.3 Å². The molecular formula is C17H22N4O3. The van der Waals surface area contributed by atoms with Crippen LogP contribution in [0.2, 0.25) is 0 Å². The van der Waals surface area contributed by atoms with Crippen molar-refractivity contribution in [2.75, 3.05) is 11.9 Å². The Kier molecular flexibility index (Phi) is 5.81. The van der Waals surface area contributed by atoms with Crippen LogP contribution in [0.5, 0.6) is 0 Å². The number of nitrogens with one attached hydrogen (secondary N) is 1. The lowest BCUT2D eigenvalue weighted by Gasteiger charge is -2.21. The van der Waals surface area contributed by atoms with Gasteiger partial charge in [-0.2, -0.15) is 0 Å². The Labute approximate surface area is 140 Å². The predicted octanol–water partition coefficient (Wildman–Crippen LogP) is 3.04. The molecule has 0 aliphatic heterocycles. The Balaban J connectivity index is 2.36. The molecule has 0 fully saturated rings. The molecule has 1 atom stereocenters. The molecule has 0 aliphatic rings. The standard InChI is InChI=1S/C17H22N4O3/c1-4-13-9-16(19-15(10-22)11(2)3)20-17(18-13)12-5-7-14(8-6-12)21(23)24/h5-9,11,15,22H,4,10H2,1-3H3,(H,18,19,20)/t15-/m1/s1. The maximum Gasteiger partial charge on any atom is 0.269 e. The number of aromatic nitrogens is 2. The van der Waals surface area contributed by atoms with Crippen molar-refractivity contribution >= 4 is 11.5 Å². The first-order valence-corrected chi connectivity index (χ1v) is 7.94. The van der Waals surface area contributed by atoms with E-state index in [1.54, 1.807) is 12.1 Å². The van der Waals surface area contributed by atoms with Crippen molar-refractivity contribution in [3.8, 4) is 11.4 Å². The summed E-state index contributed by atoms with van der Waals surface area (Å²) >= 11 is 0. The van der Waals surface area contributed by atoms with Crippen molar-refractivity contribution in [2.45, 2.75) is 33.2 Å². The molecule has 0 amide bonds. The molecule has 0 bridgehead atoms. The molecule has 0 saturated carbocycles. The molecule has 0 spiro atoms. The van der Waals surface area contributed by atoms with Crippen LogP contribution in [-0.2, 0) is 6.42 Å². The highest BCUT2D eigenvalue weighted by Gasteiger charge is 2.14. The monoisotopic (exact) mass is 330 g/mol. The normalized spacial score (nSPS) is 12.2. The van der Waals surface area contributed by atoms with Crippen molar-refractivity contribution in [3.63, 3.8) is 0 Å². The highest BCUT2D eigenvalue weighted by Crippen LogP contribution is 2.22. The van der Waals surface area contributed by atoms with E-state index in [0.29, 0.717) is 17.2 Å². The van der Waals surface area contributed by atoms with Gasteiger partial charge in [0.25, 0.3) is 5.69 Å². The van der Waals surface area contributed by atoms with Crippen LogP contribution in [-0.4, -0.2) is 32.6 Å². The van der Waals surface area contributed by atoms with E-state index < -0.39 is 4.92 Å². The van der Waals surface area contributed by atoms with E-state index >= 15 is 0 Å². The summed E-state index contributed by atoms with van der Waals surface area (Å²) in [5.74, 6) is 1.40. The Bertz CT molecular complexity index is 701. The number of nitro groups is 1. The second-order valence-corrected chi connectivity index (χ2v) is 5.90. The summed E-state index contributed by atoms with van der Waals surface area (Å²) in [6.07, 6.45) is 0.739. The molecule has 2 N–H and O–H groups in total. The van der Waals surface area contributed by atoms with Gasteiger partial charge in [-0.3, -0.25) is 10.1 Å². The summed E-state index contributed by atoms with van der Waals surface area (Å²) in [4.78, 5) is 19.3. The molecule has 7 heteroatoms. The smallest absolute Gasteiger partial charge is 0.269 e. The Hall–Kier alpha value is -2.54. The third kappa shape index (κ3) is 4.26. The highest BCUT2D eigenvalue weighted by atomic mass is 16.6. The summed E-state index contributed by atoms with van der Waals surface area (Å²) in [6, 6.07) is 7.92. The summed E-state index contributed by atoms with van der Waals surface area (Å²) in [5.41, 5.74) is 1.61. The number of nitrogens with zero attached hydrogens (tertiary/aromatic N) is 3. The second kappa shape index (κ2) is 7.83. The SMILES string of the molecule is CCc1cc(N[C@H](CO)C(C)C)nc(-c2ccc([N+](=O)[O-])cc2)n1. The number of anilines is 1. The lowest BCUT2D eigenvalue weighted by atomic mass is 10.1. The molecule has 0 saturated heterocycles. The van der Waals surface area contributed by atoms with E-state index in [9.17, 15) is 15.2 Å². The van der Waals surface area contributed by atoms with Crippen LogP contribution < -0.4 is 5.32 Å². The molecule has 0 radical (unpaired) electrons. The van der Waals surface area contributed by atoms with Crippen LogP contribution in [0.4, 0.5) is 11.5 Å². The third-order valence-electron chi connectivity index (χ3n) is 3.81. The molecule has 0 unspecified atom stereocenters. The number of hydrogen-bond acceptors (Lipinski definition) is 6. The Morgan fingerprint density at radius 1 is 1.25 bits per heavy atom. The number of aliphatic hydroxyl groups excluding tert-OH is 1. The van der Waals surface area contributed by atoms with Gasteiger partial charge in [-0.25, -0.2) is 9.97 Å². The zero-order valence-corrected chi connectivity index (χ0v) is 14.1. The molecule has 1 aromatic heterocycles. The minimum atomic E-state index is -0.436. The first-order chi connectivity index (χ1) is 11.4. The summed E-state index contributed by atoms with van der Waals surface area (Å²) in [7, 11) is 0. The number of nitro benzene ring substituents is 1. The first-order valence-electron chi connectivity index (χ1n) is 7.94. The molecule has 1 heterocycles. The van der Waals surface area contributed by atoms with Gasteiger partial charge in [0.2, 0.25) is 0 Å². The zero-order chi connectivity index (χ0) is 17.7. The summed E-state index contributed by atoms with van der Waals surface area (Å²) in [5, 5.41) is 23.5. The lowest BCUT2D eigenvalue weighted by molar-refractivity contribution is -0.384. The van der Waals surface area contributed by atoms with Crippen molar-refractivity contribution in [3.05, 3.63) is 46.1 Å². The van der Waals surface area contributed by atoms with Gasteiger partial charge in [-0.1, -0.05) is 20.8 Å². The quantitative estimate of drug-likeness (QED) is 0.597. The van der Waals surface area contributed by atoms with Gasteiger partial charge >= 0.3 is 0 Å².